The van der Waals surface area contributed by atoms with Crippen LogP contribution in [0.1, 0.15) is 53.9 Å². The van der Waals surface area contributed by atoms with Crippen LogP contribution in [0.3, 0.4) is 0 Å². The Balaban J connectivity index is 0. The normalized spacial score (nSPS) is 13.4. The van der Waals surface area contributed by atoms with Crippen LogP contribution in [0.2, 0.25) is 0 Å². The lowest BCUT2D eigenvalue weighted by Gasteiger charge is -2.20. The summed E-state index contributed by atoms with van der Waals surface area (Å²) >= 11 is 0. The Hall–Kier alpha value is -1.43. The van der Waals surface area contributed by atoms with E-state index in [0.717, 1.165) is 6.54 Å². The highest BCUT2D eigenvalue weighted by Gasteiger charge is 2.03. The standard InChI is InChI=1S/C8H10F2N2O.C6H13N.2C2H6/c1-2-11-7-4-3-6(5-12-7)13-8(9)10;1-7-5-3-2-4-6-7;2*1-2/h3-5,8H,2H2,1H3,(H,11,12);2-6H2,1H3;2*1-2H3. The third kappa shape index (κ3) is 14.2. The van der Waals surface area contributed by atoms with Gasteiger partial charge in [0.25, 0.3) is 0 Å². The maximum absolute atomic E-state index is 11.7. The summed E-state index contributed by atoms with van der Waals surface area (Å²) in [5.74, 6) is 0.709. The molecule has 1 aromatic heterocycles. The van der Waals surface area contributed by atoms with Crippen LogP contribution in [-0.2, 0) is 0 Å². The minimum Gasteiger partial charge on any atom is -0.433 e. The summed E-state index contributed by atoms with van der Waals surface area (Å²) in [6, 6.07) is 3.03. The van der Waals surface area contributed by atoms with Crippen LogP contribution < -0.4 is 10.1 Å². The zero-order chi connectivity index (χ0) is 18.8. The van der Waals surface area contributed by atoms with Gasteiger partial charge in [0.1, 0.15) is 11.6 Å². The van der Waals surface area contributed by atoms with Gasteiger partial charge in [-0.15, -0.1) is 0 Å². The number of piperidine rings is 1. The highest BCUT2D eigenvalue weighted by atomic mass is 19.3. The average molecular weight is 347 g/mol. The number of anilines is 1. The van der Waals surface area contributed by atoms with Gasteiger partial charge in [0, 0.05) is 6.54 Å². The van der Waals surface area contributed by atoms with Gasteiger partial charge in [0.2, 0.25) is 0 Å². The average Bonchev–Trinajstić information content (AvgIpc) is 2.61. The van der Waals surface area contributed by atoms with E-state index in [1.165, 1.54) is 44.6 Å². The summed E-state index contributed by atoms with van der Waals surface area (Å²) in [5, 5.41) is 2.93. The summed E-state index contributed by atoms with van der Waals surface area (Å²) in [6.07, 6.45) is 5.53. The predicted molar refractivity (Wildman–Crippen MR) is 99.1 cm³/mol. The van der Waals surface area contributed by atoms with E-state index in [-0.39, 0.29) is 5.75 Å². The fourth-order valence-electron chi connectivity index (χ4n) is 1.89. The molecule has 0 aromatic carbocycles. The molecule has 0 atom stereocenters. The summed E-state index contributed by atoms with van der Waals surface area (Å²) in [4.78, 5) is 6.24. The first-order valence-electron chi connectivity index (χ1n) is 8.95. The molecule has 1 aliphatic heterocycles. The third-order valence-electron chi connectivity index (χ3n) is 2.90. The van der Waals surface area contributed by atoms with E-state index >= 15 is 0 Å². The largest absolute Gasteiger partial charge is 0.433 e. The fourth-order valence-corrected chi connectivity index (χ4v) is 1.89. The van der Waals surface area contributed by atoms with E-state index in [0.29, 0.717) is 5.82 Å². The first-order chi connectivity index (χ1) is 11.6. The summed E-state index contributed by atoms with van der Waals surface area (Å²) < 4.78 is 27.5. The molecule has 24 heavy (non-hydrogen) atoms. The zero-order valence-corrected chi connectivity index (χ0v) is 16.1. The molecule has 1 N–H and O–H groups in total. The van der Waals surface area contributed by atoms with Crippen molar-refractivity contribution in [1.82, 2.24) is 9.88 Å². The molecule has 2 heterocycles. The van der Waals surface area contributed by atoms with Crippen LogP contribution in [0.4, 0.5) is 14.6 Å². The second-order valence-corrected chi connectivity index (χ2v) is 4.65. The number of ether oxygens (including phenoxy) is 1. The number of hydrogen-bond donors (Lipinski definition) is 1. The molecule has 4 nitrogen and oxygen atoms in total. The molecule has 0 aliphatic carbocycles. The number of hydrogen-bond acceptors (Lipinski definition) is 4. The van der Waals surface area contributed by atoms with Crippen LogP contribution >= 0.6 is 0 Å². The fraction of sp³-hybridized carbons (Fsp3) is 0.722. The van der Waals surface area contributed by atoms with Gasteiger partial charge in [0.15, 0.2) is 0 Å². The molecular weight excluding hydrogens is 312 g/mol. The number of halogens is 2. The molecule has 1 fully saturated rings. The molecule has 1 aromatic rings. The Morgan fingerprint density at radius 2 is 1.71 bits per heavy atom. The Labute approximate surface area is 146 Å². The van der Waals surface area contributed by atoms with Crippen molar-refractivity contribution >= 4 is 5.82 Å². The van der Waals surface area contributed by atoms with Crippen molar-refractivity contribution in [1.29, 1.82) is 0 Å². The van der Waals surface area contributed by atoms with Crippen molar-refractivity contribution in [3.05, 3.63) is 18.3 Å². The van der Waals surface area contributed by atoms with Crippen molar-refractivity contribution in [2.45, 2.75) is 60.5 Å². The highest BCUT2D eigenvalue weighted by Crippen LogP contribution is 2.14. The number of alkyl halides is 2. The van der Waals surface area contributed by atoms with Gasteiger partial charge in [-0.05, 0) is 52.0 Å². The van der Waals surface area contributed by atoms with Crippen molar-refractivity contribution < 1.29 is 13.5 Å². The van der Waals surface area contributed by atoms with Crippen LogP contribution in [0, 0.1) is 0 Å². The van der Waals surface area contributed by atoms with Gasteiger partial charge < -0.3 is 15.0 Å². The molecule has 0 radical (unpaired) electrons. The van der Waals surface area contributed by atoms with Gasteiger partial charge in [-0.25, -0.2) is 4.98 Å². The minimum atomic E-state index is -2.80. The van der Waals surface area contributed by atoms with Gasteiger partial charge >= 0.3 is 6.61 Å². The Kier molecular flexibility index (Phi) is 18.5. The topological polar surface area (TPSA) is 37.4 Å². The van der Waals surface area contributed by atoms with E-state index in [9.17, 15) is 8.78 Å². The molecule has 0 bridgehead atoms. The maximum atomic E-state index is 11.7. The van der Waals surface area contributed by atoms with Crippen molar-refractivity contribution in [3.8, 4) is 5.75 Å². The lowest BCUT2D eigenvalue weighted by molar-refractivity contribution is -0.0500. The van der Waals surface area contributed by atoms with Crippen molar-refractivity contribution in [3.63, 3.8) is 0 Å². The quantitative estimate of drug-likeness (QED) is 0.805. The zero-order valence-electron chi connectivity index (χ0n) is 16.1. The summed E-state index contributed by atoms with van der Waals surface area (Å²) in [6.45, 7) is 10.5. The Morgan fingerprint density at radius 3 is 2.04 bits per heavy atom. The maximum Gasteiger partial charge on any atom is 0.387 e. The first-order valence-corrected chi connectivity index (χ1v) is 8.95. The number of nitrogens with one attached hydrogen (secondary N) is 1. The van der Waals surface area contributed by atoms with Gasteiger partial charge in [-0.3, -0.25) is 0 Å². The van der Waals surface area contributed by atoms with Gasteiger partial charge in [-0.2, -0.15) is 8.78 Å². The van der Waals surface area contributed by atoms with E-state index in [2.05, 4.69) is 27.0 Å². The molecule has 1 saturated heterocycles. The summed E-state index contributed by atoms with van der Waals surface area (Å²) in [5.41, 5.74) is 0. The Bertz CT molecular complexity index is 356. The van der Waals surface area contributed by atoms with Gasteiger partial charge in [0.05, 0.1) is 6.20 Å². The molecule has 142 valence electrons. The molecule has 0 unspecified atom stereocenters. The third-order valence-corrected chi connectivity index (χ3v) is 2.90. The van der Waals surface area contributed by atoms with Crippen molar-refractivity contribution in [2.75, 3.05) is 32.0 Å². The lowest BCUT2D eigenvalue weighted by Crippen LogP contribution is -2.24. The van der Waals surface area contributed by atoms with Crippen LogP contribution in [0.5, 0.6) is 5.75 Å². The minimum absolute atomic E-state index is 0.0663. The second kappa shape index (κ2) is 17.9. The van der Waals surface area contributed by atoms with Gasteiger partial charge in [-0.1, -0.05) is 34.1 Å². The van der Waals surface area contributed by atoms with E-state index < -0.39 is 6.61 Å². The predicted octanol–water partition coefficient (Wildman–Crippen LogP) is 5.27. The summed E-state index contributed by atoms with van der Waals surface area (Å²) in [7, 11) is 2.19. The van der Waals surface area contributed by atoms with Crippen LogP contribution in [-0.4, -0.2) is 43.2 Å². The number of rotatable bonds is 4. The lowest BCUT2D eigenvalue weighted by atomic mass is 10.1. The Morgan fingerprint density at radius 1 is 1.12 bits per heavy atom. The van der Waals surface area contributed by atoms with Crippen LogP contribution in [0.25, 0.3) is 0 Å². The molecule has 0 saturated carbocycles. The SMILES string of the molecule is CC.CC.CCNc1ccc(OC(F)F)cn1.CN1CCCCC1. The monoisotopic (exact) mass is 347 g/mol. The second-order valence-electron chi connectivity index (χ2n) is 4.65. The highest BCUT2D eigenvalue weighted by molar-refractivity contribution is 5.37. The van der Waals surface area contributed by atoms with E-state index in [4.69, 9.17) is 0 Å². The molecule has 0 spiro atoms. The molecular formula is C18H35F2N3O. The molecule has 1 aliphatic rings. The number of nitrogens with zero attached hydrogens (tertiary/aromatic N) is 2. The van der Waals surface area contributed by atoms with E-state index in [1.54, 1.807) is 6.07 Å². The van der Waals surface area contributed by atoms with E-state index in [1.807, 2.05) is 34.6 Å². The van der Waals surface area contributed by atoms with Crippen molar-refractivity contribution in [2.24, 2.45) is 0 Å². The number of pyridine rings is 1. The molecule has 2 rings (SSSR count). The van der Waals surface area contributed by atoms with Crippen LogP contribution in [0.15, 0.2) is 18.3 Å². The number of likely N-dealkylation sites (tertiary alicyclic amines) is 1. The number of aromatic nitrogens is 1. The first kappa shape index (κ1) is 24.8. The smallest absolute Gasteiger partial charge is 0.387 e. The molecule has 0 amide bonds. The molecule has 6 heteroatoms.